The molecule has 1 atom stereocenters. The third-order valence-corrected chi connectivity index (χ3v) is 5.50. The summed E-state index contributed by atoms with van der Waals surface area (Å²) in [5.74, 6) is -1.95. The number of amides is 1. The summed E-state index contributed by atoms with van der Waals surface area (Å²) in [5.41, 5.74) is 0.946. The van der Waals surface area contributed by atoms with Gasteiger partial charge in [-0.3, -0.25) is 9.59 Å². The average Bonchev–Trinajstić information content (AvgIpc) is 2.83. The van der Waals surface area contributed by atoms with Crippen LogP contribution in [-0.4, -0.2) is 31.4 Å². The quantitative estimate of drug-likeness (QED) is 0.762. The number of carbonyl (C=O) groups is 2. The van der Waals surface area contributed by atoms with Gasteiger partial charge in [-0.15, -0.1) is 0 Å². The maximum Gasteiger partial charge on any atom is 0.322 e. The molecule has 1 aliphatic rings. The normalized spacial score (nSPS) is 14.9. The zero-order valence-corrected chi connectivity index (χ0v) is 13.8. The van der Waals surface area contributed by atoms with Gasteiger partial charge in [0.2, 0.25) is 10.0 Å². The van der Waals surface area contributed by atoms with Gasteiger partial charge in [-0.2, -0.15) is 4.72 Å². The SMILES string of the molecule is CC(C)[C@@H](NS(=O)(=O)c1ccc2c3c(cccc13)C(=O)N2)C(=O)O. The molecule has 1 aliphatic heterocycles. The number of anilines is 1. The van der Waals surface area contributed by atoms with Crippen LogP contribution in [0.4, 0.5) is 5.69 Å². The van der Waals surface area contributed by atoms with Crippen molar-refractivity contribution in [2.75, 3.05) is 5.32 Å². The number of benzene rings is 2. The predicted octanol–water partition coefficient (Wildman–Crippen LogP) is 1.79. The van der Waals surface area contributed by atoms with Crippen LogP contribution in [0.2, 0.25) is 0 Å². The summed E-state index contributed by atoms with van der Waals surface area (Å²) in [4.78, 5) is 23.2. The van der Waals surface area contributed by atoms with Crippen molar-refractivity contribution in [3.05, 3.63) is 35.9 Å². The van der Waals surface area contributed by atoms with Crippen LogP contribution in [0, 0.1) is 5.92 Å². The van der Waals surface area contributed by atoms with E-state index in [0.29, 0.717) is 22.0 Å². The van der Waals surface area contributed by atoms with Gasteiger partial charge in [-0.25, -0.2) is 8.42 Å². The maximum atomic E-state index is 12.7. The van der Waals surface area contributed by atoms with E-state index in [-0.39, 0.29) is 10.8 Å². The number of carboxylic acids is 1. The van der Waals surface area contributed by atoms with Crippen LogP contribution >= 0.6 is 0 Å². The van der Waals surface area contributed by atoms with Gasteiger partial charge in [0.25, 0.3) is 5.91 Å². The Labute approximate surface area is 138 Å². The van der Waals surface area contributed by atoms with Gasteiger partial charge in [0.1, 0.15) is 6.04 Å². The van der Waals surface area contributed by atoms with Crippen LogP contribution in [0.1, 0.15) is 24.2 Å². The fourth-order valence-corrected chi connectivity index (χ4v) is 4.34. The smallest absolute Gasteiger partial charge is 0.322 e. The molecule has 0 radical (unpaired) electrons. The van der Waals surface area contributed by atoms with Gasteiger partial charge in [0.05, 0.1) is 4.90 Å². The van der Waals surface area contributed by atoms with Crippen LogP contribution in [0.5, 0.6) is 0 Å². The minimum atomic E-state index is -4.07. The fraction of sp³-hybridized carbons (Fsp3) is 0.250. The molecule has 0 spiro atoms. The fourth-order valence-electron chi connectivity index (χ4n) is 2.80. The molecular formula is C16H16N2O5S. The Bertz CT molecular complexity index is 966. The van der Waals surface area contributed by atoms with E-state index in [9.17, 15) is 23.1 Å². The first-order valence-corrected chi connectivity index (χ1v) is 8.83. The van der Waals surface area contributed by atoms with Gasteiger partial charge in [0, 0.05) is 22.0 Å². The van der Waals surface area contributed by atoms with E-state index in [1.807, 2.05) is 0 Å². The molecular weight excluding hydrogens is 332 g/mol. The number of aliphatic carboxylic acids is 1. The lowest BCUT2D eigenvalue weighted by Crippen LogP contribution is -2.44. The van der Waals surface area contributed by atoms with Crippen molar-refractivity contribution >= 4 is 38.4 Å². The molecule has 126 valence electrons. The zero-order chi connectivity index (χ0) is 17.6. The monoisotopic (exact) mass is 348 g/mol. The summed E-state index contributed by atoms with van der Waals surface area (Å²) >= 11 is 0. The Morgan fingerprint density at radius 3 is 2.54 bits per heavy atom. The second-order valence-electron chi connectivity index (χ2n) is 5.97. The summed E-state index contributed by atoms with van der Waals surface area (Å²) in [7, 11) is -4.07. The first kappa shape index (κ1) is 16.4. The maximum absolute atomic E-state index is 12.7. The van der Waals surface area contributed by atoms with Gasteiger partial charge >= 0.3 is 5.97 Å². The summed E-state index contributed by atoms with van der Waals surface area (Å²) in [5, 5.41) is 12.8. The number of hydrogen-bond donors (Lipinski definition) is 3. The first-order chi connectivity index (χ1) is 11.2. The van der Waals surface area contributed by atoms with E-state index < -0.39 is 28.0 Å². The Morgan fingerprint density at radius 1 is 1.21 bits per heavy atom. The van der Waals surface area contributed by atoms with E-state index in [2.05, 4.69) is 10.0 Å². The largest absolute Gasteiger partial charge is 0.480 e. The van der Waals surface area contributed by atoms with E-state index in [1.54, 1.807) is 32.0 Å². The van der Waals surface area contributed by atoms with Crippen molar-refractivity contribution in [2.45, 2.75) is 24.8 Å². The zero-order valence-electron chi connectivity index (χ0n) is 13.0. The summed E-state index contributed by atoms with van der Waals surface area (Å²) in [6.45, 7) is 3.24. The molecule has 7 nitrogen and oxygen atoms in total. The highest BCUT2D eigenvalue weighted by atomic mass is 32.2. The van der Waals surface area contributed by atoms with Gasteiger partial charge in [0.15, 0.2) is 0 Å². The Hall–Kier alpha value is -2.45. The van der Waals surface area contributed by atoms with Crippen molar-refractivity contribution in [1.82, 2.24) is 4.72 Å². The molecule has 0 aliphatic carbocycles. The number of carboxylic acid groups (broad SMARTS) is 1. The highest BCUT2D eigenvalue weighted by Crippen LogP contribution is 2.36. The molecule has 2 aromatic rings. The summed E-state index contributed by atoms with van der Waals surface area (Å²) in [6, 6.07) is 6.46. The second-order valence-corrected chi connectivity index (χ2v) is 7.66. The number of hydrogen-bond acceptors (Lipinski definition) is 4. The highest BCUT2D eigenvalue weighted by Gasteiger charge is 2.31. The molecule has 2 aromatic carbocycles. The number of carbonyl (C=O) groups excluding carboxylic acids is 1. The van der Waals surface area contributed by atoms with E-state index in [4.69, 9.17) is 0 Å². The second kappa shape index (κ2) is 5.57. The third-order valence-electron chi connectivity index (χ3n) is 4.00. The molecule has 0 aromatic heterocycles. The lowest BCUT2D eigenvalue weighted by Gasteiger charge is -2.18. The van der Waals surface area contributed by atoms with Crippen LogP contribution in [0.3, 0.4) is 0 Å². The molecule has 8 heteroatoms. The molecule has 0 bridgehead atoms. The van der Waals surface area contributed by atoms with Crippen molar-refractivity contribution in [2.24, 2.45) is 5.92 Å². The number of nitrogens with one attached hydrogen (secondary N) is 2. The van der Waals surface area contributed by atoms with Crippen LogP contribution in [-0.2, 0) is 14.8 Å². The lowest BCUT2D eigenvalue weighted by molar-refractivity contribution is -0.140. The van der Waals surface area contributed by atoms with Crippen molar-refractivity contribution in [3.8, 4) is 0 Å². The van der Waals surface area contributed by atoms with E-state index in [1.165, 1.54) is 12.1 Å². The lowest BCUT2D eigenvalue weighted by atomic mass is 10.1. The first-order valence-electron chi connectivity index (χ1n) is 7.34. The van der Waals surface area contributed by atoms with Gasteiger partial charge in [-0.05, 0) is 24.1 Å². The minimum Gasteiger partial charge on any atom is -0.480 e. The molecule has 1 heterocycles. The highest BCUT2D eigenvalue weighted by molar-refractivity contribution is 7.89. The standard InChI is InChI=1S/C16H16N2O5S/c1-8(2)14(16(20)21)18-24(22,23)12-7-6-11-13-9(12)4-3-5-10(13)15(19)17-11/h3-8,14,18H,1-2H3,(H,17,19)(H,20,21)/t14-/m1/s1. The minimum absolute atomic E-state index is 0.0495. The number of rotatable bonds is 5. The molecule has 0 unspecified atom stereocenters. The van der Waals surface area contributed by atoms with Crippen molar-refractivity contribution in [3.63, 3.8) is 0 Å². The van der Waals surface area contributed by atoms with Crippen LogP contribution in [0.25, 0.3) is 10.8 Å². The molecule has 3 rings (SSSR count). The average molecular weight is 348 g/mol. The van der Waals surface area contributed by atoms with Gasteiger partial charge in [-0.1, -0.05) is 26.0 Å². The Morgan fingerprint density at radius 2 is 1.92 bits per heavy atom. The van der Waals surface area contributed by atoms with Crippen LogP contribution < -0.4 is 10.0 Å². The Balaban J connectivity index is 2.15. The predicted molar refractivity (Wildman–Crippen MR) is 88.5 cm³/mol. The molecule has 0 fully saturated rings. The van der Waals surface area contributed by atoms with Crippen molar-refractivity contribution < 1.29 is 23.1 Å². The molecule has 0 saturated heterocycles. The molecule has 3 N–H and O–H groups in total. The Kier molecular flexibility index (Phi) is 3.81. The third kappa shape index (κ3) is 2.53. The molecule has 1 amide bonds. The topological polar surface area (TPSA) is 113 Å². The summed E-state index contributed by atoms with van der Waals surface area (Å²) in [6.07, 6.45) is 0. The van der Waals surface area contributed by atoms with Crippen molar-refractivity contribution in [1.29, 1.82) is 0 Å². The molecule has 0 saturated carbocycles. The molecule has 24 heavy (non-hydrogen) atoms. The number of sulfonamides is 1. The van der Waals surface area contributed by atoms with E-state index >= 15 is 0 Å². The van der Waals surface area contributed by atoms with E-state index in [0.717, 1.165) is 0 Å². The summed E-state index contributed by atoms with van der Waals surface area (Å²) < 4.78 is 27.7. The van der Waals surface area contributed by atoms with Crippen LogP contribution in [0.15, 0.2) is 35.2 Å². The van der Waals surface area contributed by atoms with Gasteiger partial charge < -0.3 is 10.4 Å².